The Morgan fingerprint density at radius 2 is 2.05 bits per heavy atom. The van der Waals surface area contributed by atoms with Gasteiger partial charge in [-0.1, -0.05) is 0 Å². The second kappa shape index (κ2) is 6.23. The van der Waals surface area contributed by atoms with Gasteiger partial charge in [0.25, 0.3) is 15.0 Å². The fourth-order valence-corrected chi connectivity index (χ4v) is 3.00. The number of ether oxygens (including phenoxy) is 1. The number of hydrogen-bond acceptors (Lipinski definition) is 4. The highest BCUT2D eigenvalue weighted by atomic mass is 35.7. The number of halogens is 1. The van der Waals surface area contributed by atoms with Crippen molar-refractivity contribution in [2.24, 2.45) is 0 Å². The molecule has 21 heavy (non-hydrogen) atoms. The summed E-state index contributed by atoms with van der Waals surface area (Å²) in [5, 5.41) is 2.85. The number of carbonyl (C=O) groups is 1. The van der Waals surface area contributed by atoms with Crippen molar-refractivity contribution in [3.05, 3.63) is 23.8 Å². The average Bonchev–Trinajstić information content (AvgIpc) is 2.32. The van der Waals surface area contributed by atoms with Crippen LogP contribution in [0, 0.1) is 0 Å². The van der Waals surface area contributed by atoms with Gasteiger partial charge < -0.3 is 10.1 Å². The molecule has 1 N–H and O–H groups in total. The Balaban J connectivity index is 2.29. The summed E-state index contributed by atoms with van der Waals surface area (Å²) in [5.74, 6) is -0.141. The van der Waals surface area contributed by atoms with Crippen molar-refractivity contribution in [1.29, 1.82) is 0 Å². The Labute approximate surface area is 129 Å². The standard InChI is InChI=1S/C14H18ClNO4S/c1-9(2)20-12-7-6-10(8-13(12)21(15,18)19)14(17)16-11-4-3-5-11/h6-9,11H,3-5H2,1-2H3,(H,16,17). The molecule has 1 saturated carbocycles. The Hall–Kier alpha value is -1.27. The van der Waals surface area contributed by atoms with Crippen molar-refractivity contribution in [3.8, 4) is 5.75 Å². The van der Waals surface area contributed by atoms with Crippen LogP contribution < -0.4 is 10.1 Å². The van der Waals surface area contributed by atoms with Gasteiger partial charge in [0.15, 0.2) is 0 Å². The molecule has 0 aromatic heterocycles. The van der Waals surface area contributed by atoms with Gasteiger partial charge in [-0.3, -0.25) is 4.79 Å². The van der Waals surface area contributed by atoms with Crippen LogP contribution >= 0.6 is 10.7 Å². The molecular formula is C14H18ClNO4S. The van der Waals surface area contributed by atoms with Crippen LogP contribution in [-0.2, 0) is 9.05 Å². The van der Waals surface area contributed by atoms with Gasteiger partial charge in [-0.2, -0.15) is 0 Å². The SMILES string of the molecule is CC(C)Oc1ccc(C(=O)NC2CCC2)cc1S(=O)(=O)Cl. The normalized spacial score (nSPS) is 15.6. The van der Waals surface area contributed by atoms with Gasteiger partial charge in [0, 0.05) is 22.3 Å². The number of hydrogen-bond donors (Lipinski definition) is 1. The molecule has 5 nitrogen and oxygen atoms in total. The predicted octanol–water partition coefficient (Wildman–Crippen LogP) is 2.68. The first kappa shape index (κ1) is 16.1. The fraction of sp³-hybridized carbons (Fsp3) is 0.500. The van der Waals surface area contributed by atoms with Gasteiger partial charge >= 0.3 is 0 Å². The Bertz CT molecular complexity index is 638. The molecule has 0 aliphatic heterocycles. The molecular weight excluding hydrogens is 314 g/mol. The largest absolute Gasteiger partial charge is 0.490 e. The van der Waals surface area contributed by atoms with Gasteiger partial charge in [-0.15, -0.1) is 0 Å². The fourth-order valence-electron chi connectivity index (χ4n) is 2.01. The molecule has 1 aromatic carbocycles. The van der Waals surface area contributed by atoms with E-state index in [4.69, 9.17) is 15.4 Å². The Kier molecular flexibility index (Phi) is 4.78. The second-order valence-corrected chi connectivity index (χ2v) is 7.90. The van der Waals surface area contributed by atoms with E-state index in [1.807, 2.05) is 0 Å². The lowest BCUT2D eigenvalue weighted by molar-refractivity contribution is 0.0916. The molecule has 1 fully saturated rings. The molecule has 0 saturated heterocycles. The molecule has 0 heterocycles. The summed E-state index contributed by atoms with van der Waals surface area (Å²) in [6.07, 6.45) is 2.83. The molecule has 0 unspecified atom stereocenters. The highest BCUT2D eigenvalue weighted by Gasteiger charge is 2.23. The van der Waals surface area contributed by atoms with Crippen LogP contribution in [0.25, 0.3) is 0 Å². The maximum Gasteiger partial charge on any atom is 0.265 e. The summed E-state index contributed by atoms with van der Waals surface area (Å²) < 4.78 is 28.7. The zero-order valence-corrected chi connectivity index (χ0v) is 13.5. The first-order valence-corrected chi connectivity index (χ1v) is 9.14. The minimum absolute atomic E-state index is 0.153. The first-order chi connectivity index (χ1) is 9.77. The molecule has 7 heteroatoms. The van der Waals surface area contributed by atoms with E-state index in [9.17, 15) is 13.2 Å². The van der Waals surface area contributed by atoms with Crippen molar-refractivity contribution < 1.29 is 17.9 Å². The maximum atomic E-state index is 12.1. The van der Waals surface area contributed by atoms with E-state index in [1.54, 1.807) is 13.8 Å². The van der Waals surface area contributed by atoms with Crippen LogP contribution in [0.4, 0.5) is 0 Å². The molecule has 0 radical (unpaired) electrons. The molecule has 0 spiro atoms. The van der Waals surface area contributed by atoms with Gasteiger partial charge in [-0.25, -0.2) is 8.42 Å². The lowest BCUT2D eigenvalue weighted by Gasteiger charge is -2.26. The summed E-state index contributed by atoms with van der Waals surface area (Å²) in [5.41, 5.74) is 0.261. The minimum Gasteiger partial charge on any atom is -0.490 e. The van der Waals surface area contributed by atoms with E-state index in [0.29, 0.717) is 0 Å². The van der Waals surface area contributed by atoms with Gasteiger partial charge in [-0.05, 0) is 51.3 Å². The van der Waals surface area contributed by atoms with Gasteiger partial charge in [0.2, 0.25) is 0 Å². The maximum absolute atomic E-state index is 12.1. The second-order valence-electron chi connectivity index (χ2n) is 5.37. The van der Waals surface area contributed by atoms with E-state index in [-0.39, 0.29) is 34.3 Å². The van der Waals surface area contributed by atoms with Crippen LogP contribution in [0.3, 0.4) is 0 Å². The lowest BCUT2D eigenvalue weighted by Crippen LogP contribution is -2.39. The molecule has 1 aliphatic rings. The van der Waals surface area contributed by atoms with Gasteiger partial charge in [0.1, 0.15) is 10.6 Å². The highest BCUT2D eigenvalue weighted by Crippen LogP contribution is 2.29. The first-order valence-electron chi connectivity index (χ1n) is 6.83. The number of nitrogens with one attached hydrogen (secondary N) is 1. The van der Waals surface area contributed by atoms with Crippen LogP contribution in [-0.4, -0.2) is 26.5 Å². The molecule has 1 amide bonds. The highest BCUT2D eigenvalue weighted by molar-refractivity contribution is 8.13. The van der Waals surface area contributed by atoms with Crippen LogP contribution in [0.5, 0.6) is 5.75 Å². The van der Waals surface area contributed by atoms with Crippen LogP contribution in [0.2, 0.25) is 0 Å². The number of carbonyl (C=O) groups excluding carboxylic acids is 1. The third-order valence-electron chi connectivity index (χ3n) is 3.27. The smallest absolute Gasteiger partial charge is 0.265 e. The average molecular weight is 332 g/mol. The summed E-state index contributed by atoms with van der Waals surface area (Å²) in [6, 6.07) is 4.44. The summed E-state index contributed by atoms with van der Waals surface area (Å²) in [4.78, 5) is 11.9. The van der Waals surface area contributed by atoms with Crippen molar-refractivity contribution in [3.63, 3.8) is 0 Å². The van der Waals surface area contributed by atoms with E-state index in [0.717, 1.165) is 19.3 Å². The van der Waals surface area contributed by atoms with Gasteiger partial charge in [0.05, 0.1) is 6.10 Å². The number of amides is 1. The molecule has 1 aliphatic carbocycles. The Morgan fingerprint density at radius 3 is 2.52 bits per heavy atom. The van der Waals surface area contributed by atoms with E-state index in [1.165, 1.54) is 18.2 Å². The van der Waals surface area contributed by atoms with Crippen molar-refractivity contribution >= 4 is 25.6 Å². The van der Waals surface area contributed by atoms with Crippen molar-refractivity contribution in [2.75, 3.05) is 0 Å². The third-order valence-corrected chi connectivity index (χ3v) is 4.61. The van der Waals surface area contributed by atoms with Crippen molar-refractivity contribution in [2.45, 2.75) is 50.2 Å². The zero-order chi connectivity index (χ0) is 15.6. The molecule has 0 atom stereocenters. The van der Waals surface area contributed by atoms with E-state index >= 15 is 0 Å². The third kappa shape index (κ3) is 4.11. The van der Waals surface area contributed by atoms with Crippen LogP contribution in [0.15, 0.2) is 23.1 Å². The summed E-state index contributed by atoms with van der Waals surface area (Å²) in [6.45, 7) is 3.56. The molecule has 116 valence electrons. The lowest BCUT2D eigenvalue weighted by atomic mass is 9.93. The topological polar surface area (TPSA) is 72.5 Å². The minimum atomic E-state index is -3.99. The molecule has 0 bridgehead atoms. The molecule has 2 rings (SSSR count). The quantitative estimate of drug-likeness (QED) is 0.842. The molecule has 1 aromatic rings. The summed E-state index contributed by atoms with van der Waals surface area (Å²) >= 11 is 0. The zero-order valence-electron chi connectivity index (χ0n) is 11.9. The van der Waals surface area contributed by atoms with E-state index < -0.39 is 9.05 Å². The monoisotopic (exact) mass is 331 g/mol. The van der Waals surface area contributed by atoms with Crippen molar-refractivity contribution in [1.82, 2.24) is 5.32 Å². The summed E-state index contributed by atoms with van der Waals surface area (Å²) in [7, 11) is 1.44. The number of benzene rings is 1. The predicted molar refractivity (Wildman–Crippen MR) is 80.4 cm³/mol. The van der Waals surface area contributed by atoms with Crippen LogP contribution in [0.1, 0.15) is 43.5 Å². The number of rotatable bonds is 5. The van der Waals surface area contributed by atoms with E-state index in [2.05, 4.69) is 5.32 Å². The Morgan fingerprint density at radius 1 is 1.38 bits per heavy atom.